The molecule has 0 radical (unpaired) electrons. The van der Waals surface area contributed by atoms with Gasteiger partial charge in [-0.3, -0.25) is 9.78 Å². The van der Waals surface area contributed by atoms with Crippen molar-refractivity contribution < 1.29 is 23.1 Å². The molecule has 0 bridgehead atoms. The third kappa shape index (κ3) is 5.01. The van der Waals surface area contributed by atoms with Crippen LogP contribution in [0.1, 0.15) is 23.5 Å². The number of pyridine rings is 1. The molecule has 2 heterocycles. The summed E-state index contributed by atoms with van der Waals surface area (Å²) in [6.45, 7) is 0.312. The Morgan fingerprint density at radius 2 is 1.94 bits per heavy atom. The highest BCUT2D eigenvalue weighted by atomic mass is 35.5. The fraction of sp³-hybridized carbons (Fsp3) is 0.154. The molecule has 184 valence electrons. The molecule has 0 spiro atoms. The summed E-state index contributed by atoms with van der Waals surface area (Å²) in [5.41, 5.74) is 0.796. The van der Waals surface area contributed by atoms with E-state index >= 15 is 0 Å². The number of carboxylic acid groups (broad SMARTS) is 1. The predicted molar refractivity (Wildman–Crippen MR) is 138 cm³/mol. The van der Waals surface area contributed by atoms with Crippen LogP contribution < -0.4 is 9.46 Å². The lowest BCUT2D eigenvalue weighted by Gasteiger charge is -2.15. The van der Waals surface area contributed by atoms with Crippen LogP contribution in [-0.4, -0.2) is 30.0 Å². The summed E-state index contributed by atoms with van der Waals surface area (Å²) in [5.74, 6) is -1.18. The molecule has 2 aromatic carbocycles. The van der Waals surface area contributed by atoms with Crippen LogP contribution in [0.4, 0.5) is 0 Å². The fourth-order valence-electron chi connectivity index (χ4n) is 4.05. The summed E-state index contributed by atoms with van der Waals surface area (Å²) >= 11 is 7.01. The van der Waals surface area contributed by atoms with Crippen molar-refractivity contribution in [3.05, 3.63) is 101 Å². The Morgan fingerprint density at radius 1 is 1.14 bits per heavy atom. The number of carbonyl (C=O) groups is 1. The fourth-order valence-corrected chi connectivity index (χ4v) is 6.90. The molecule has 2 atom stereocenters. The zero-order valence-electron chi connectivity index (χ0n) is 18.8. The van der Waals surface area contributed by atoms with Gasteiger partial charge in [-0.05, 0) is 60.0 Å². The largest absolute Gasteiger partial charge is 0.489 e. The maximum absolute atomic E-state index is 13.2. The standard InChI is InChI=1S/C26H21ClN2O5S2/c27-20-8-6-18(7-9-20)23-10-11-24(35-23)36(32,33)29-26(25(30)31)14-22(26)19-4-1-5-21(13-19)34-16-17-3-2-12-28-15-17/h1-13,15,22,29H,14,16H2,(H,30,31)/t22-,26?/m0/s1. The summed E-state index contributed by atoms with van der Waals surface area (Å²) in [6, 6.07) is 21.0. The lowest BCUT2D eigenvalue weighted by molar-refractivity contribution is -0.140. The average Bonchev–Trinajstić information content (AvgIpc) is 3.37. The molecule has 36 heavy (non-hydrogen) atoms. The van der Waals surface area contributed by atoms with Crippen molar-refractivity contribution in [1.82, 2.24) is 9.71 Å². The monoisotopic (exact) mass is 540 g/mol. The van der Waals surface area contributed by atoms with Gasteiger partial charge in [-0.1, -0.05) is 41.9 Å². The highest BCUT2D eigenvalue weighted by Gasteiger charge is 2.63. The number of benzene rings is 2. The van der Waals surface area contributed by atoms with E-state index in [2.05, 4.69) is 9.71 Å². The number of nitrogens with one attached hydrogen (secondary N) is 1. The number of sulfonamides is 1. The second-order valence-electron chi connectivity index (χ2n) is 8.49. The van der Waals surface area contributed by atoms with Gasteiger partial charge in [-0.2, -0.15) is 4.72 Å². The van der Waals surface area contributed by atoms with E-state index in [1.165, 1.54) is 6.07 Å². The first kappa shape index (κ1) is 24.5. The molecule has 1 unspecified atom stereocenters. The number of thiophene rings is 1. The van der Waals surface area contributed by atoms with Crippen molar-refractivity contribution in [3.8, 4) is 16.2 Å². The number of aliphatic carboxylic acids is 1. The van der Waals surface area contributed by atoms with Crippen molar-refractivity contribution >= 4 is 38.9 Å². The molecule has 7 nitrogen and oxygen atoms in total. The van der Waals surface area contributed by atoms with Gasteiger partial charge in [-0.25, -0.2) is 8.42 Å². The molecule has 10 heteroatoms. The van der Waals surface area contributed by atoms with Crippen LogP contribution in [0, 0.1) is 0 Å². The summed E-state index contributed by atoms with van der Waals surface area (Å²) in [6.07, 6.45) is 3.53. The Bertz CT molecular complexity index is 1510. The second-order valence-corrected chi connectivity index (χ2v) is 11.9. The van der Waals surface area contributed by atoms with Gasteiger partial charge in [0.1, 0.15) is 22.1 Å². The van der Waals surface area contributed by atoms with E-state index in [9.17, 15) is 18.3 Å². The zero-order valence-corrected chi connectivity index (χ0v) is 21.2. The molecule has 0 saturated heterocycles. The number of hydrogen-bond acceptors (Lipinski definition) is 6. The normalized spacial score (nSPS) is 19.1. The molecule has 5 rings (SSSR count). The summed E-state index contributed by atoms with van der Waals surface area (Å²) in [7, 11) is -4.07. The molecular weight excluding hydrogens is 520 g/mol. The molecule has 2 aromatic heterocycles. The number of carboxylic acids is 1. The summed E-state index contributed by atoms with van der Waals surface area (Å²) < 4.78 is 34.7. The Morgan fingerprint density at radius 3 is 2.67 bits per heavy atom. The van der Waals surface area contributed by atoms with E-state index in [-0.39, 0.29) is 10.6 Å². The second kappa shape index (κ2) is 9.67. The minimum Gasteiger partial charge on any atom is -0.489 e. The summed E-state index contributed by atoms with van der Waals surface area (Å²) in [5, 5.41) is 10.6. The number of aromatic nitrogens is 1. The van der Waals surface area contributed by atoms with Crippen LogP contribution >= 0.6 is 22.9 Å². The highest BCUT2D eigenvalue weighted by Crippen LogP contribution is 2.53. The van der Waals surface area contributed by atoms with Crippen molar-refractivity contribution in [1.29, 1.82) is 0 Å². The van der Waals surface area contributed by atoms with E-state index in [1.807, 2.05) is 12.1 Å². The molecule has 4 aromatic rings. The van der Waals surface area contributed by atoms with E-state index < -0.39 is 27.4 Å². The van der Waals surface area contributed by atoms with Crippen molar-refractivity contribution in [2.24, 2.45) is 0 Å². The topological polar surface area (TPSA) is 106 Å². The van der Waals surface area contributed by atoms with Crippen LogP contribution in [0.5, 0.6) is 5.75 Å². The molecule has 1 fully saturated rings. The zero-order chi connectivity index (χ0) is 25.3. The molecule has 1 aliphatic rings. The van der Waals surface area contributed by atoms with E-state index in [4.69, 9.17) is 16.3 Å². The molecule has 2 N–H and O–H groups in total. The van der Waals surface area contributed by atoms with Gasteiger partial charge >= 0.3 is 5.97 Å². The maximum atomic E-state index is 13.2. The van der Waals surface area contributed by atoms with Crippen LogP contribution in [0.3, 0.4) is 0 Å². The maximum Gasteiger partial charge on any atom is 0.325 e. The lowest BCUT2D eigenvalue weighted by Crippen LogP contribution is -2.44. The number of rotatable bonds is 9. The first-order valence-corrected chi connectivity index (χ1v) is 13.7. The smallest absolute Gasteiger partial charge is 0.325 e. The van der Waals surface area contributed by atoms with Crippen molar-refractivity contribution in [2.75, 3.05) is 0 Å². The Labute approximate surface area is 217 Å². The van der Waals surface area contributed by atoms with Gasteiger partial charge in [0, 0.05) is 33.8 Å². The van der Waals surface area contributed by atoms with Crippen LogP contribution in [0.25, 0.3) is 10.4 Å². The quantitative estimate of drug-likeness (QED) is 0.297. The van der Waals surface area contributed by atoms with E-state index in [0.29, 0.717) is 22.9 Å². The lowest BCUT2D eigenvalue weighted by atomic mass is 10.1. The Balaban J connectivity index is 1.33. The van der Waals surface area contributed by atoms with Gasteiger partial charge in [-0.15, -0.1) is 11.3 Å². The van der Waals surface area contributed by atoms with Gasteiger partial charge in [0.05, 0.1) is 0 Å². The molecule has 0 amide bonds. The molecule has 1 aliphatic carbocycles. The third-order valence-corrected chi connectivity index (χ3v) is 9.41. The summed E-state index contributed by atoms with van der Waals surface area (Å²) in [4.78, 5) is 17.1. The van der Waals surface area contributed by atoms with Gasteiger partial charge in [0.25, 0.3) is 10.0 Å². The minimum absolute atomic E-state index is 0.0484. The average molecular weight is 541 g/mol. The first-order valence-electron chi connectivity index (χ1n) is 11.0. The Kier molecular flexibility index (Phi) is 6.57. The van der Waals surface area contributed by atoms with Crippen molar-refractivity contribution in [2.45, 2.75) is 28.7 Å². The van der Waals surface area contributed by atoms with Gasteiger partial charge < -0.3 is 9.84 Å². The van der Waals surface area contributed by atoms with Gasteiger partial charge in [0.2, 0.25) is 0 Å². The number of ether oxygens (including phenoxy) is 1. The SMILES string of the molecule is O=C(O)C1(NS(=O)(=O)c2ccc(-c3ccc(Cl)cc3)s2)C[C@H]1c1cccc(OCc2cccnc2)c1. The number of halogens is 1. The Hall–Kier alpha value is -3.24. The van der Waals surface area contributed by atoms with E-state index in [0.717, 1.165) is 27.3 Å². The third-order valence-electron chi connectivity index (χ3n) is 6.02. The predicted octanol–water partition coefficient (Wildman–Crippen LogP) is 5.33. The van der Waals surface area contributed by atoms with Crippen LogP contribution in [-0.2, 0) is 21.4 Å². The van der Waals surface area contributed by atoms with Crippen molar-refractivity contribution in [3.63, 3.8) is 0 Å². The van der Waals surface area contributed by atoms with E-state index in [1.54, 1.807) is 67.0 Å². The molecule has 0 aliphatic heterocycles. The molecular formula is C26H21ClN2O5S2. The van der Waals surface area contributed by atoms with Crippen LogP contribution in [0.2, 0.25) is 5.02 Å². The highest BCUT2D eigenvalue weighted by molar-refractivity contribution is 7.91. The molecule has 1 saturated carbocycles. The first-order chi connectivity index (χ1) is 17.3. The van der Waals surface area contributed by atoms with Gasteiger partial charge in [0.15, 0.2) is 0 Å². The van der Waals surface area contributed by atoms with Crippen LogP contribution in [0.15, 0.2) is 89.4 Å². The minimum atomic E-state index is -4.07. The number of nitrogens with zero attached hydrogens (tertiary/aromatic N) is 1. The number of hydrogen-bond donors (Lipinski definition) is 2.